The van der Waals surface area contributed by atoms with Crippen LogP contribution in [0, 0.1) is 6.92 Å². The molecule has 2 aromatic heterocycles. The predicted molar refractivity (Wildman–Crippen MR) is 84.6 cm³/mol. The van der Waals surface area contributed by atoms with Crippen molar-refractivity contribution in [3.63, 3.8) is 0 Å². The van der Waals surface area contributed by atoms with Gasteiger partial charge in [0.25, 0.3) is 0 Å². The number of imidazole rings is 1. The van der Waals surface area contributed by atoms with Gasteiger partial charge in [0.2, 0.25) is 5.95 Å². The third-order valence-corrected chi connectivity index (χ3v) is 3.63. The van der Waals surface area contributed by atoms with E-state index >= 15 is 0 Å². The van der Waals surface area contributed by atoms with Gasteiger partial charge in [0, 0.05) is 19.3 Å². The molecular weight excluding hydrogens is 319 g/mol. The highest BCUT2D eigenvalue weighted by Crippen LogP contribution is 2.27. The summed E-state index contributed by atoms with van der Waals surface area (Å²) < 4.78 is 39.9. The van der Waals surface area contributed by atoms with Crippen molar-refractivity contribution in [1.29, 1.82) is 0 Å². The van der Waals surface area contributed by atoms with Crippen molar-refractivity contribution in [3.8, 4) is 0 Å². The van der Waals surface area contributed by atoms with Crippen molar-refractivity contribution in [2.24, 2.45) is 0 Å². The Morgan fingerprint density at radius 2 is 1.92 bits per heavy atom. The number of aromatic nitrogens is 4. The predicted octanol–water partition coefficient (Wildman–Crippen LogP) is 3.66. The average Bonchev–Trinajstić information content (AvgIpc) is 2.87. The molecule has 0 unspecified atom stereocenters. The first-order valence-corrected chi connectivity index (χ1v) is 7.51. The van der Waals surface area contributed by atoms with Gasteiger partial charge in [0.1, 0.15) is 11.5 Å². The van der Waals surface area contributed by atoms with Crippen LogP contribution < -0.4 is 5.32 Å². The van der Waals surface area contributed by atoms with Crippen LogP contribution in [0.3, 0.4) is 0 Å². The maximum atomic E-state index is 12.6. The molecule has 8 heteroatoms. The molecule has 3 rings (SSSR count). The van der Waals surface area contributed by atoms with E-state index in [2.05, 4.69) is 24.8 Å². The Bertz CT molecular complexity index is 841. The summed E-state index contributed by atoms with van der Waals surface area (Å²) in [6.07, 6.45) is -2.65. The largest absolute Gasteiger partial charge is 0.433 e. The van der Waals surface area contributed by atoms with Gasteiger partial charge in [0.15, 0.2) is 0 Å². The molecule has 1 aromatic carbocycles. The SMILES string of the molecule is Cc1nc2ccccc2n1CCCNc1nccc(C(F)(F)F)n1. The number of para-hydroxylation sites is 2. The molecule has 0 atom stereocenters. The second-order valence-corrected chi connectivity index (χ2v) is 5.34. The summed E-state index contributed by atoms with van der Waals surface area (Å²) in [4.78, 5) is 11.8. The lowest BCUT2D eigenvalue weighted by molar-refractivity contribution is -0.141. The second-order valence-electron chi connectivity index (χ2n) is 5.34. The number of nitrogens with one attached hydrogen (secondary N) is 1. The molecule has 1 N–H and O–H groups in total. The minimum atomic E-state index is -4.47. The monoisotopic (exact) mass is 335 g/mol. The van der Waals surface area contributed by atoms with Crippen molar-refractivity contribution in [1.82, 2.24) is 19.5 Å². The van der Waals surface area contributed by atoms with Crippen LogP contribution in [0.5, 0.6) is 0 Å². The summed E-state index contributed by atoms with van der Waals surface area (Å²) in [7, 11) is 0. The number of hydrogen-bond acceptors (Lipinski definition) is 4. The number of alkyl halides is 3. The smallest absolute Gasteiger partial charge is 0.354 e. The number of benzene rings is 1. The fraction of sp³-hybridized carbons (Fsp3) is 0.312. The highest BCUT2D eigenvalue weighted by molar-refractivity contribution is 5.75. The van der Waals surface area contributed by atoms with E-state index in [4.69, 9.17) is 0 Å². The van der Waals surface area contributed by atoms with E-state index < -0.39 is 11.9 Å². The standard InChI is InChI=1S/C16H16F3N5/c1-11-22-12-5-2-3-6-13(12)24(11)10-4-8-20-15-21-9-7-14(23-15)16(17,18)19/h2-3,5-7,9H,4,8,10H2,1H3,(H,20,21,23). The quantitative estimate of drug-likeness (QED) is 0.723. The average molecular weight is 335 g/mol. The van der Waals surface area contributed by atoms with Gasteiger partial charge >= 0.3 is 6.18 Å². The molecule has 0 saturated heterocycles. The van der Waals surface area contributed by atoms with Crippen molar-refractivity contribution in [2.45, 2.75) is 26.1 Å². The van der Waals surface area contributed by atoms with E-state index in [1.807, 2.05) is 31.2 Å². The molecule has 0 fully saturated rings. The number of rotatable bonds is 5. The van der Waals surface area contributed by atoms with E-state index in [-0.39, 0.29) is 5.95 Å². The van der Waals surface area contributed by atoms with E-state index in [0.717, 1.165) is 29.1 Å². The van der Waals surface area contributed by atoms with Crippen LogP contribution in [0.15, 0.2) is 36.5 Å². The minimum Gasteiger partial charge on any atom is -0.354 e. The van der Waals surface area contributed by atoms with Crippen LogP contribution in [-0.2, 0) is 12.7 Å². The van der Waals surface area contributed by atoms with Crippen molar-refractivity contribution < 1.29 is 13.2 Å². The molecule has 126 valence electrons. The molecular formula is C16H16F3N5. The van der Waals surface area contributed by atoms with Gasteiger partial charge in [-0.3, -0.25) is 0 Å². The normalized spacial score (nSPS) is 11.8. The fourth-order valence-electron chi connectivity index (χ4n) is 2.52. The lowest BCUT2D eigenvalue weighted by atomic mass is 10.3. The van der Waals surface area contributed by atoms with Gasteiger partial charge in [-0.15, -0.1) is 0 Å². The first-order chi connectivity index (χ1) is 11.4. The third kappa shape index (κ3) is 3.47. The molecule has 0 bridgehead atoms. The lowest BCUT2D eigenvalue weighted by Gasteiger charge is -2.10. The van der Waals surface area contributed by atoms with Gasteiger partial charge in [-0.05, 0) is 31.5 Å². The molecule has 2 heterocycles. The van der Waals surface area contributed by atoms with Crippen LogP contribution in [0.2, 0.25) is 0 Å². The summed E-state index contributed by atoms with van der Waals surface area (Å²) in [5.74, 6) is 0.892. The Morgan fingerprint density at radius 3 is 2.71 bits per heavy atom. The first-order valence-electron chi connectivity index (χ1n) is 7.51. The van der Waals surface area contributed by atoms with Crippen molar-refractivity contribution >= 4 is 17.0 Å². The second kappa shape index (κ2) is 6.46. The minimum absolute atomic E-state index is 0.0166. The molecule has 0 saturated carbocycles. The zero-order valence-corrected chi connectivity index (χ0v) is 13.0. The molecule has 0 aliphatic heterocycles. The Morgan fingerprint density at radius 1 is 1.12 bits per heavy atom. The summed E-state index contributed by atoms with van der Waals surface area (Å²) in [6, 6.07) is 8.69. The topological polar surface area (TPSA) is 55.6 Å². The van der Waals surface area contributed by atoms with Gasteiger partial charge < -0.3 is 9.88 Å². The zero-order valence-electron chi connectivity index (χ0n) is 13.0. The summed E-state index contributed by atoms with van der Waals surface area (Å²) in [5, 5.41) is 2.83. The van der Waals surface area contributed by atoms with E-state index in [1.165, 1.54) is 0 Å². The molecule has 5 nitrogen and oxygen atoms in total. The van der Waals surface area contributed by atoms with Crippen LogP contribution in [0.1, 0.15) is 17.9 Å². The maximum absolute atomic E-state index is 12.6. The molecule has 0 spiro atoms. The van der Waals surface area contributed by atoms with Crippen LogP contribution in [0.4, 0.5) is 19.1 Å². The Kier molecular flexibility index (Phi) is 4.37. The number of nitrogens with zero attached hydrogens (tertiary/aromatic N) is 4. The molecule has 0 aliphatic carbocycles. The Balaban J connectivity index is 1.60. The van der Waals surface area contributed by atoms with Crippen LogP contribution >= 0.6 is 0 Å². The number of aryl methyl sites for hydroxylation is 2. The number of fused-ring (bicyclic) bond motifs is 1. The fourth-order valence-corrected chi connectivity index (χ4v) is 2.52. The van der Waals surface area contributed by atoms with Gasteiger partial charge in [-0.1, -0.05) is 12.1 Å². The molecule has 24 heavy (non-hydrogen) atoms. The van der Waals surface area contributed by atoms with Crippen molar-refractivity contribution in [3.05, 3.63) is 48.0 Å². The van der Waals surface area contributed by atoms with Crippen LogP contribution in [-0.4, -0.2) is 26.1 Å². The Hall–Kier alpha value is -2.64. The first kappa shape index (κ1) is 16.2. The molecule has 0 radical (unpaired) electrons. The Labute approximate surface area is 136 Å². The van der Waals surface area contributed by atoms with E-state index in [1.54, 1.807) is 0 Å². The van der Waals surface area contributed by atoms with Gasteiger partial charge in [-0.2, -0.15) is 13.2 Å². The number of halogens is 3. The van der Waals surface area contributed by atoms with E-state index in [9.17, 15) is 13.2 Å². The number of anilines is 1. The molecule has 3 aromatic rings. The van der Waals surface area contributed by atoms with Crippen molar-refractivity contribution in [2.75, 3.05) is 11.9 Å². The lowest BCUT2D eigenvalue weighted by Crippen LogP contribution is -2.13. The maximum Gasteiger partial charge on any atom is 0.433 e. The zero-order chi connectivity index (χ0) is 17.2. The summed E-state index contributed by atoms with van der Waals surface area (Å²) >= 11 is 0. The third-order valence-electron chi connectivity index (χ3n) is 3.63. The highest BCUT2D eigenvalue weighted by atomic mass is 19.4. The summed E-state index contributed by atoms with van der Waals surface area (Å²) in [5.41, 5.74) is 1.03. The molecule has 0 aliphatic rings. The van der Waals surface area contributed by atoms with Crippen LogP contribution in [0.25, 0.3) is 11.0 Å². The van der Waals surface area contributed by atoms with Gasteiger partial charge in [0.05, 0.1) is 11.0 Å². The van der Waals surface area contributed by atoms with E-state index in [0.29, 0.717) is 19.5 Å². The van der Waals surface area contributed by atoms with Gasteiger partial charge in [-0.25, -0.2) is 15.0 Å². The molecule has 0 amide bonds. The highest BCUT2D eigenvalue weighted by Gasteiger charge is 2.32. The number of hydrogen-bond donors (Lipinski definition) is 1. The summed E-state index contributed by atoms with van der Waals surface area (Å²) in [6.45, 7) is 3.11.